The van der Waals surface area contributed by atoms with E-state index in [4.69, 9.17) is 23.4 Å². The lowest BCUT2D eigenvalue weighted by atomic mass is 9.88. The Labute approximate surface area is 214 Å². The summed E-state index contributed by atoms with van der Waals surface area (Å²) < 4.78 is 27.4. The van der Waals surface area contributed by atoms with Crippen LogP contribution in [0.4, 0.5) is 0 Å². The van der Waals surface area contributed by atoms with E-state index in [0.717, 1.165) is 5.56 Å². The van der Waals surface area contributed by atoms with E-state index in [9.17, 15) is 14.7 Å². The van der Waals surface area contributed by atoms with Crippen molar-refractivity contribution in [2.75, 3.05) is 26.6 Å². The molecule has 4 rings (SSSR count). The molecule has 0 spiro atoms. The Balaban J connectivity index is 1.49. The summed E-state index contributed by atoms with van der Waals surface area (Å²) in [5.74, 6) is 1.47. The highest BCUT2D eigenvalue weighted by Gasteiger charge is 2.27. The molecule has 0 saturated heterocycles. The molecule has 2 N–H and O–H groups in total. The van der Waals surface area contributed by atoms with Crippen LogP contribution in [0.2, 0.25) is 0 Å². The van der Waals surface area contributed by atoms with Crippen molar-refractivity contribution in [2.24, 2.45) is 0 Å². The van der Waals surface area contributed by atoms with Crippen molar-refractivity contribution in [3.8, 4) is 28.7 Å². The summed E-state index contributed by atoms with van der Waals surface area (Å²) in [5, 5.41) is 13.5. The van der Waals surface area contributed by atoms with Gasteiger partial charge in [-0.3, -0.25) is 4.79 Å². The molecule has 1 atom stereocenters. The smallest absolute Gasteiger partial charge is 0.343 e. The highest BCUT2D eigenvalue weighted by molar-refractivity contribution is 5.78. The molecule has 1 amide bonds. The van der Waals surface area contributed by atoms with Crippen LogP contribution in [-0.2, 0) is 11.2 Å². The normalized spacial score (nSPS) is 12.7. The van der Waals surface area contributed by atoms with Crippen molar-refractivity contribution in [3.05, 3.63) is 75.3 Å². The Hall–Kier alpha value is -4.14. The molecule has 0 radical (unpaired) electrons. The molecule has 3 aromatic rings. The van der Waals surface area contributed by atoms with Crippen LogP contribution in [0.15, 0.2) is 51.7 Å². The van der Waals surface area contributed by atoms with Crippen molar-refractivity contribution >= 4 is 5.91 Å². The van der Waals surface area contributed by atoms with Gasteiger partial charge in [0.1, 0.15) is 11.5 Å². The first-order valence-corrected chi connectivity index (χ1v) is 12.3. The molecule has 0 aliphatic carbocycles. The number of fused-ring (bicyclic) bond motifs is 1. The van der Waals surface area contributed by atoms with Crippen LogP contribution in [0, 0.1) is 6.92 Å². The fourth-order valence-corrected chi connectivity index (χ4v) is 4.30. The van der Waals surface area contributed by atoms with Gasteiger partial charge in [-0.15, -0.1) is 0 Å². The molecule has 0 unspecified atom stereocenters. The minimum Gasteiger partial charge on any atom is -0.507 e. The second-order valence-corrected chi connectivity index (χ2v) is 8.56. The van der Waals surface area contributed by atoms with E-state index in [-0.39, 0.29) is 36.2 Å². The zero-order chi connectivity index (χ0) is 26.4. The van der Waals surface area contributed by atoms with E-state index >= 15 is 0 Å². The maximum Gasteiger partial charge on any atom is 0.343 e. The number of aryl methyl sites for hydroxylation is 1. The Morgan fingerprint density at radius 2 is 1.78 bits per heavy atom. The van der Waals surface area contributed by atoms with Gasteiger partial charge >= 0.3 is 5.63 Å². The fraction of sp³-hybridized carbons (Fsp3) is 0.357. The lowest BCUT2D eigenvalue weighted by Crippen LogP contribution is -2.28. The van der Waals surface area contributed by atoms with Gasteiger partial charge in [0.25, 0.3) is 0 Å². The molecule has 2 heterocycles. The average Bonchev–Trinajstić information content (AvgIpc) is 3.33. The monoisotopic (exact) mass is 509 g/mol. The topological polar surface area (TPSA) is 116 Å². The molecule has 1 aromatic heterocycles. The number of benzene rings is 2. The molecule has 9 nitrogen and oxygen atoms in total. The standard InChI is InChI=1S/C28H31NO8/c1-4-33-22-8-6-18(13-24(22)34-5-2)10-11-29-26(31)15-20(27-21(30)12-17(3)37-28(27)32)19-7-9-23-25(14-19)36-16-35-23/h6-9,12-14,20,30H,4-5,10-11,15-16H2,1-3H3,(H,29,31)/t20-/m1/s1. The van der Waals surface area contributed by atoms with E-state index in [0.29, 0.717) is 54.7 Å². The molecule has 9 heteroatoms. The molecular formula is C28H31NO8. The number of hydrogen-bond donors (Lipinski definition) is 2. The summed E-state index contributed by atoms with van der Waals surface area (Å²) in [4.78, 5) is 25.7. The zero-order valence-electron chi connectivity index (χ0n) is 21.2. The summed E-state index contributed by atoms with van der Waals surface area (Å²) in [6.45, 7) is 6.92. The molecule has 0 saturated carbocycles. The van der Waals surface area contributed by atoms with Crippen molar-refractivity contribution in [2.45, 2.75) is 39.5 Å². The highest BCUT2D eigenvalue weighted by atomic mass is 16.7. The van der Waals surface area contributed by atoms with Crippen LogP contribution >= 0.6 is 0 Å². The minimum atomic E-state index is -0.749. The number of carbonyl (C=O) groups is 1. The van der Waals surface area contributed by atoms with E-state index in [1.165, 1.54) is 6.07 Å². The number of nitrogens with one attached hydrogen (secondary N) is 1. The first kappa shape index (κ1) is 25.9. The third-order valence-electron chi connectivity index (χ3n) is 5.97. The molecule has 1 aliphatic rings. The van der Waals surface area contributed by atoms with Gasteiger partial charge in [-0.2, -0.15) is 0 Å². The number of carbonyl (C=O) groups excluding carboxylic acids is 1. The predicted octanol–water partition coefficient (Wildman–Crippen LogP) is 4.06. The maximum atomic E-state index is 13.0. The van der Waals surface area contributed by atoms with Gasteiger partial charge < -0.3 is 33.8 Å². The van der Waals surface area contributed by atoms with Crippen LogP contribution < -0.4 is 29.9 Å². The average molecular weight is 510 g/mol. The summed E-state index contributed by atoms with van der Waals surface area (Å²) in [6.07, 6.45) is 0.499. The molecule has 2 aromatic carbocycles. The summed E-state index contributed by atoms with van der Waals surface area (Å²) in [5.41, 5.74) is 0.938. The lowest BCUT2D eigenvalue weighted by Gasteiger charge is -2.18. The quantitative estimate of drug-likeness (QED) is 0.398. The number of hydrogen-bond acceptors (Lipinski definition) is 8. The second kappa shape index (κ2) is 11.7. The third kappa shape index (κ3) is 6.17. The van der Waals surface area contributed by atoms with Crippen LogP contribution in [0.5, 0.6) is 28.7 Å². The SMILES string of the molecule is CCOc1ccc(CCNC(=O)C[C@H](c2ccc3c(c2)OCO3)c2c(O)cc(C)oc2=O)cc1OCC. The van der Waals surface area contributed by atoms with Crippen molar-refractivity contribution in [3.63, 3.8) is 0 Å². The van der Waals surface area contributed by atoms with E-state index < -0.39 is 11.5 Å². The predicted molar refractivity (Wildman–Crippen MR) is 136 cm³/mol. The Kier molecular flexibility index (Phi) is 8.22. The van der Waals surface area contributed by atoms with Gasteiger partial charge in [-0.1, -0.05) is 12.1 Å². The third-order valence-corrected chi connectivity index (χ3v) is 5.97. The summed E-state index contributed by atoms with van der Waals surface area (Å²) >= 11 is 0. The number of amides is 1. The van der Waals surface area contributed by atoms with Gasteiger partial charge in [-0.05, 0) is 62.6 Å². The Morgan fingerprint density at radius 3 is 2.54 bits per heavy atom. The molecule has 196 valence electrons. The van der Waals surface area contributed by atoms with Crippen LogP contribution in [0.1, 0.15) is 48.6 Å². The lowest BCUT2D eigenvalue weighted by molar-refractivity contribution is -0.121. The van der Waals surface area contributed by atoms with Crippen molar-refractivity contribution in [1.82, 2.24) is 5.32 Å². The van der Waals surface area contributed by atoms with Gasteiger partial charge in [0.15, 0.2) is 23.0 Å². The van der Waals surface area contributed by atoms with E-state index in [2.05, 4.69) is 5.32 Å². The van der Waals surface area contributed by atoms with E-state index in [1.54, 1.807) is 25.1 Å². The summed E-state index contributed by atoms with van der Waals surface area (Å²) in [6, 6.07) is 12.3. The van der Waals surface area contributed by atoms with Gasteiger partial charge in [-0.25, -0.2) is 4.79 Å². The molecular weight excluding hydrogens is 478 g/mol. The first-order valence-electron chi connectivity index (χ1n) is 12.3. The van der Waals surface area contributed by atoms with Gasteiger partial charge in [0, 0.05) is 24.9 Å². The fourth-order valence-electron chi connectivity index (χ4n) is 4.30. The van der Waals surface area contributed by atoms with Gasteiger partial charge in [0.2, 0.25) is 12.7 Å². The van der Waals surface area contributed by atoms with Crippen molar-refractivity contribution < 1.29 is 33.3 Å². The minimum absolute atomic E-state index is 0.0208. The Bertz CT molecular complexity index is 1320. The maximum absolute atomic E-state index is 13.0. The first-order chi connectivity index (χ1) is 17.9. The van der Waals surface area contributed by atoms with Crippen LogP contribution in [-0.4, -0.2) is 37.6 Å². The summed E-state index contributed by atoms with van der Waals surface area (Å²) in [7, 11) is 0. The van der Waals surface area contributed by atoms with Crippen LogP contribution in [0.3, 0.4) is 0 Å². The second-order valence-electron chi connectivity index (χ2n) is 8.56. The molecule has 37 heavy (non-hydrogen) atoms. The van der Waals surface area contributed by atoms with Crippen LogP contribution in [0.25, 0.3) is 0 Å². The van der Waals surface area contributed by atoms with E-state index in [1.807, 2.05) is 32.0 Å². The molecule has 0 fully saturated rings. The van der Waals surface area contributed by atoms with Gasteiger partial charge in [0.05, 0.1) is 18.8 Å². The zero-order valence-corrected chi connectivity index (χ0v) is 21.2. The number of rotatable bonds is 11. The number of ether oxygens (including phenoxy) is 4. The largest absolute Gasteiger partial charge is 0.507 e. The van der Waals surface area contributed by atoms with Crippen molar-refractivity contribution in [1.29, 1.82) is 0 Å². The Morgan fingerprint density at radius 1 is 1.03 bits per heavy atom. The highest BCUT2D eigenvalue weighted by Crippen LogP contribution is 2.39. The number of aromatic hydroxyl groups is 1. The molecule has 0 bridgehead atoms. The molecule has 1 aliphatic heterocycles.